The fourth-order valence-corrected chi connectivity index (χ4v) is 2.05. The van der Waals surface area contributed by atoms with Crippen molar-refractivity contribution in [2.45, 2.75) is 6.42 Å². The topological polar surface area (TPSA) is 47.6 Å². The molecule has 0 spiro atoms. The summed E-state index contributed by atoms with van der Waals surface area (Å²) in [6.45, 7) is 1.06. The van der Waals surface area contributed by atoms with E-state index in [-0.39, 0.29) is 12.3 Å². The molecule has 1 heterocycles. The molecule has 0 saturated carbocycles. The van der Waals surface area contributed by atoms with Gasteiger partial charge < -0.3 is 14.8 Å². The summed E-state index contributed by atoms with van der Waals surface area (Å²) < 4.78 is 11.6. The monoisotopic (exact) mass is 319 g/mol. The van der Waals surface area contributed by atoms with E-state index in [1.54, 1.807) is 12.1 Å². The molecule has 92 valence electrons. The van der Waals surface area contributed by atoms with Gasteiger partial charge in [0, 0.05) is 28.9 Å². The Balaban J connectivity index is 2.19. The Morgan fingerprint density at radius 1 is 1.35 bits per heavy atom. The summed E-state index contributed by atoms with van der Waals surface area (Å²) in [7, 11) is 0. The fraction of sp³-hybridized carbons (Fsp3) is 0.364. The number of nitrogens with one attached hydrogen (secondary N) is 1. The number of hydrogen-bond acceptors (Lipinski definition) is 3. The van der Waals surface area contributed by atoms with E-state index in [0.29, 0.717) is 36.3 Å². The number of ether oxygens (including phenoxy) is 2. The predicted octanol–water partition coefficient (Wildman–Crippen LogP) is 2.79. The molecule has 2 rings (SSSR count). The van der Waals surface area contributed by atoms with Crippen LogP contribution in [0.15, 0.2) is 16.6 Å². The molecule has 0 unspecified atom stereocenters. The van der Waals surface area contributed by atoms with E-state index in [1.807, 2.05) is 0 Å². The SMILES string of the molecule is O=C(CCCl)Nc1cc2c(cc1Br)OCCO2. The lowest BCUT2D eigenvalue weighted by Crippen LogP contribution is -2.17. The molecule has 0 aromatic heterocycles. The third kappa shape index (κ3) is 3.04. The van der Waals surface area contributed by atoms with Gasteiger partial charge >= 0.3 is 0 Å². The Bertz CT molecular complexity index is 439. The zero-order chi connectivity index (χ0) is 12.3. The van der Waals surface area contributed by atoms with Crippen LogP contribution in [-0.2, 0) is 4.79 Å². The van der Waals surface area contributed by atoms with Crippen molar-refractivity contribution in [3.63, 3.8) is 0 Å². The fourth-order valence-electron chi connectivity index (χ4n) is 1.46. The number of amides is 1. The Labute approximate surface area is 112 Å². The molecule has 0 aliphatic carbocycles. The minimum absolute atomic E-state index is 0.127. The van der Waals surface area contributed by atoms with E-state index in [9.17, 15) is 4.79 Å². The molecule has 1 aromatic rings. The van der Waals surface area contributed by atoms with Crippen LogP contribution >= 0.6 is 27.5 Å². The van der Waals surface area contributed by atoms with Crippen molar-refractivity contribution in [3.8, 4) is 11.5 Å². The molecule has 0 saturated heterocycles. The molecule has 0 atom stereocenters. The molecule has 0 bridgehead atoms. The summed E-state index contributed by atoms with van der Waals surface area (Å²) >= 11 is 8.87. The van der Waals surface area contributed by atoms with E-state index < -0.39 is 0 Å². The van der Waals surface area contributed by atoms with Gasteiger partial charge in [-0.1, -0.05) is 0 Å². The highest BCUT2D eigenvalue weighted by atomic mass is 79.9. The molecule has 1 aliphatic heterocycles. The number of rotatable bonds is 3. The first kappa shape index (κ1) is 12.5. The third-order valence-corrected chi connectivity index (χ3v) is 3.07. The van der Waals surface area contributed by atoms with Crippen LogP contribution in [0.1, 0.15) is 6.42 Å². The first-order valence-corrected chi connectivity index (χ1v) is 6.48. The Morgan fingerprint density at radius 2 is 2.00 bits per heavy atom. The number of halogens is 2. The van der Waals surface area contributed by atoms with Crippen molar-refractivity contribution in [2.75, 3.05) is 24.4 Å². The number of benzene rings is 1. The second-order valence-electron chi connectivity index (χ2n) is 3.46. The van der Waals surface area contributed by atoms with Gasteiger partial charge in [0.2, 0.25) is 5.91 Å². The predicted molar refractivity (Wildman–Crippen MR) is 69.1 cm³/mol. The van der Waals surface area contributed by atoms with Crippen LogP contribution in [0.2, 0.25) is 0 Å². The van der Waals surface area contributed by atoms with Crippen molar-refractivity contribution < 1.29 is 14.3 Å². The van der Waals surface area contributed by atoms with Crippen LogP contribution in [0, 0.1) is 0 Å². The molecular weight excluding hydrogens is 309 g/mol. The van der Waals surface area contributed by atoms with Crippen LogP contribution in [-0.4, -0.2) is 25.0 Å². The van der Waals surface area contributed by atoms with Gasteiger partial charge in [-0.2, -0.15) is 0 Å². The lowest BCUT2D eigenvalue weighted by atomic mass is 10.2. The zero-order valence-electron chi connectivity index (χ0n) is 8.96. The maximum atomic E-state index is 11.4. The standard InChI is InChI=1S/C11H11BrClNO3/c12-7-5-9-10(17-4-3-16-9)6-8(7)14-11(15)1-2-13/h5-6H,1-4H2,(H,14,15). The second-order valence-corrected chi connectivity index (χ2v) is 4.70. The van der Waals surface area contributed by atoms with Crippen molar-refractivity contribution in [1.29, 1.82) is 0 Å². The van der Waals surface area contributed by atoms with Crippen LogP contribution < -0.4 is 14.8 Å². The first-order valence-electron chi connectivity index (χ1n) is 5.15. The van der Waals surface area contributed by atoms with E-state index in [2.05, 4.69) is 21.2 Å². The normalized spacial score (nSPS) is 13.3. The molecule has 6 heteroatoms. The molecular formula is C11H11BrClNO3. The van der Waals surface area contributed by atoms with E-state index in [1.165, 1.54) is 0 Å². The van der Waals surface area contributed by atoms with Gasteiger partial charge in [0.1, 0.15) is 13.2 Å². The largest absolute Gasteiger partial charge is 0.486 e. The highest BCUT2D eigenvalue weighted by Crippen LogP contribution is 2.38. The summed E-state index contributed by atoms with van der Waals surface area (Å²) in [6.07, 6.45) is 0.280. The quantitative estimate of drug-likeness (QED) is 0.871. The average molecular weight is 321 g/mol. The van der Waals surface area contributed by atoms with Gasteiger partial charge in [-0.05, 0) is 15.9 Å². The van der Waals surface area contributed by atoms with Crippen LogP contribution in [0.5, 0.6) is 11.5 Å². The average Bonchev–Trinajstić information content (AvgIpc) is 2.30. The molecule has 17 heavy (non-hydrogen) atoms. The van der Waals surface area contributed by atoms with Gasteiger partial charge in [-0.3, -0.25) is 4.79 Å². The van der Waals surface area contributed by atoms with Gasteiger partial charge in [-0.15, -0.1) is 11.6 Å². The minimum Gasteiger partial charge on any atom is -0.486 e. The van der Waals surface area contributed by atoms with Crippen LogP contribution in [0.25, 0.3) is 0 Å². The van der Waals surface area contributed by atoms with Crippen molar-refractivity contribution >= 4 is 39.1 Å². The molecule has 1 amide bonds. The summed E-state index contributed by atoms with van der Waals surface area (Å²) in [5.41, 5.74) is 0.657. The van der Waals surface area contributed by atoms with Crippen molar-refractivity contribution in [1.82, 2.24) is 0 Å². The third-order valence-electron chi connectivity index (χ3n) is 2.23. The molecule has 0 fully saturated rings. The Morgan fingerprint density at radius 3 is 2.65 bits per heavy atom. The number of anilines is 1. The highest BCUT2D eigenvalue weighted by molar-refractivity contribution is 9.10. The lowest BCUT2D eigenvalue weighted by Gasteiger charge is -2.20. The van der Waals surface area contributed by atoms with Gasteiger partial charge in [-0.25, -0.2) is 0 Å². The second kappa shape index (κ2) is 5.60. The van der Waals surface area contributed by atoms with Gasteiger partial charge in [0.05, 0.1) is 5.69 Å². The number of fused-ring (bicyclic) bond motifs is 1. The summed E-state index contributed by atoms with van der Waals surface area (Å²) in [4.78, 5) is 11.4. The smallest absolute Gasteiger partial charge is 0.225 e. The molecule has 1 N–H and O–H groups in total. The Hall–Kier alpha value is -0.940. The van der Waals surface area contributed by atoms with Crippen molar-refractivity contribution in [2.24, 2.45) is 0 Å². The van der Waals surface area contributed by atoms with Crippen LogP contribution in [0.4, 0.5) is 5.69 Å². The maximum Gasteiger partial charge on any atom is 0.225 e. The zero-order valence-corrected chi connectivity index (χ0v) is 11.3. The van der Waals surface area contributed by atoms with Crippen LogP contribution in [0.3, 0.4) is 0 Å². The van der Waals surface area contributed by atoms with Gasteiger partial charge in [0.25, 0.3) is 0 Å². The van der Waals surface area contributed by atoms with E-state index >= 15 is 0 Å². The summed E-state index contributed by atoms with van der Waals surface area (Å²) in [6, 6.07) is 3.52. The summed E-state index contributed by atoms with van der Waals surface area (Å²) in [5.74, 6) is 1.49. The number of hydrogen-bond donors (Lipinski definition) is 1. The highest BCUT2D eigenvalue weighted by Gasteiger charge is 2.15. The first-order chi connectivity index (χ1) is 8.20. The number of carbonyl (C=O) groups is 1. The number of carbonyl (C=O) groups excluding carboxylic acids is 1. The van der Waals surface area contributed by atoms with E-state index in [0.717, 1.165) is 4.47 Å². The molecule has 4 nitrogen and oxygen atoms in total. The Kier molecular flexibility index (Phi) is 4.12. The molecule has 1 aliphatic rings. The molecule has 0 radical (unpaired) electrons. The molecule has 1 aromatic carbocycles. The van der Waals surface area contributed by atoms with Crippen molar-refractivity contribution in [3.05, 3.63) is 16.6 Å². The number of alkyl halides is 1. The summed E-state index contributed by atoms with van der Waals surface area (Å²) in [5, 5.41) is 2.76. The van der Waals surface area contributed by atoms with E-state index in [4.69, 9.17) is 21.1 Å². The maximum absolute atomic E-state index is 11.4. The van der Waals surface area contributed by atoms with Gasteiger partial charge in [0.15, 0.2) is 11.5 Å². The minimum atomic E-state index is -0.127. The lowest BCUT2D eigenvalue weighted by molar-refractivity contribution is -0.115.